The summed E-state index contributed by atoms with van der Waals surface area (Å²) in [6, 6.07) is 7.99. The number of carbonyl (C=O) groups is 1. The van der Waals surface area contributed by atoms with Gasteiger partial charge in [-0.2, -0.15) is 0 Å². The molecule has 6 heteroatoms. The predicted octanol–water partition coefficient (Wildman–Crippen LogP) is 1.28. The summed E-state index contributed by atoms with van der Waals surface area (Å²) in [4.78, 5) is 13.8. The van der Waals surface area contributed by atoms with E-state index in [1.165, 1.54) is 0 Å². The van der Waals surface area contributed by atoms with Crippen LogP contribution in [-0.4, -0.2) is 43.5 Å². The average molecular weight is 304 g/mol. The van der Waals surface area contributed by atoms with E-state index in [-0.39, 0.29) is 18.3 Å². The fraction of sp³-hybridized carbons (Fsp3) is 0.462. The molecule has 1 fully saturated rings. The summed E-state index contributed by atoms with van der Waals surface area (Å²) < 4.78 is 0. The van der Waals surface area contributed by atoms with Crippen molar-refractivity contribution >= 4 is 29.9 Å². The topological polar surface area (TPSA) is 44.4 Å². The molecule has 1 amide bonds. The van der Waals surface area contributed by atoms with Gasteiger partial charge in [-0.3, -0.25) is 9.69 Å². The molecule has 19 heavy (non-hydrogen) atoms. The minimum Gasteiger partial charge on any atom is -0.351 e. The standard InChI is InChI=1S/C13H18ClN3O.ClH/c1-17(12-7-15-8-12)9-13(18)16-6-10-2-4-11(14)5-3-10;/h2-5,12,15H,6-9H2,1H3,(H,16,18);1H. The SMILES string of the molecule is CN(CC(=O)NCc1ccc(Cl)cc1)C1CNC1.Cl. The first-order valence-electron chi connectivity index (χ1n) is 6.07. The second-order valence-corrected chi connectivity index (χ2v) is 5.07. The number of carbonyl (C=O) groups excluding carboxylic acids is 1. The van der Waals surface area contributed by atoms with E-state index in [2.05, 4.69) is 15.5 Å². The Morgan fingerprint density at radius 2 is 2.05 bits per heavy atom. The normalized spacial score (nSPS) is 14.7. The third-order valence-corrected chi connectivity index (χ3v) is 3.43. The van der Waals surface area contributed by atoms with Crippen LogP contribution in [0.25, 0.3) is 0 Å². The van der Waals surface area contributed by atoms with Gasteiger partial charge < -0.3 is 10.6 Å². The molecule has 1 heterocycles. The summed E-state index contributed by atoms with van der Waals surface area (Å²) in [7, 11) is 1.98. The highest BCUT2D eigenvalue weighted by atomic mass is 35.5. The van der Waals surface area contributed by atoms with Crippen molar-refractivity contribution in [2.75, 3.05) is 26.7 Å². The highest BCUT2D eigenvalue weighted by Crippen LogP contribution is 2.09. The Morgan fingerprint density at radius 3 is 2.58 bits per heavy atom. The summed E-state index contributed by atoms with van der Waals surface area (Å²) >= 11 is 5.80. The molecule has 0 aliphatic carbocycles. The van der Waals surface area contributed by atoms with Crippen molar-refractivity contribution in [3.05, 3.63) is 34.9 Å². The van der Waals surface area contributed by atoms with Crippen LogP contribution in [0.4, 0.5) is 0 Å². The van der Waals surface area contributed by atoms with Crippen molar-refractivity contribution in [3.63, 3.8) is 0 Å². The van der Waals surface area contributed by atoms with E-state index in [9.17, 15) is 4.79 Å². The van der Waals surface area contributed by atoms with Gasteiger partial charge in [0.15, 0.2) is 0 Å². The van der Waals surface area contributed by atoms with Crippen molar-refractivity contribution in [1.82, 2.24) is 15.5 Å². The van der Waals surface area contributed by atoms with Crippen molar-refractivity contribution in [1.29, 1.82) is 0 Å². The molecule has 1 aliphatic heterocycles. The monoisotopic (exact) mass is 303 g/mol. The van der Waals surface area contributed by atoms with Crippen LogP contribution >= 0.6 is 24.0 Å². The molecule has 0 aromatic heterocycles. The molecule has 1 aromatic carbocycles. The van der Waals surface area contributed by atoms with Crippen molar-refractivity contribution < 1.29 is 4.79 Å². The maximum atomic E-state index is 11.7. The lowest BCUT2D eigenvalue weighted by molar-refractivity contribution is -0.122. The van der Waals surface area contributed by atoms with Gasteiger partial charge in [0.1, 0.15) is 0 Å². The van der Waals surface area contributed by atoms with Crippen molar-refractivity contribution in [2.24, 2.45) is 0 Å². The molecule has 0 saturated carbocycles. The number of hydrogen-bond donors (Lipinski definition) is 2. The van der Waals surface area contributed by atoms with E-state index < -0.39 is 0 Å². The number of nitrogens with one attached hydrogen (secondary N) is 2. The second kappa shape index (κ2) is 7.70. The van der Waals surface area contributed by atoms with Gasteiger partial charge in [-0.15, -0.1) is 12.4 Å². The quantitative estimate of drug-likeness (QED) is 0.861. The van der Waals surface area contributed by atoms with Gasteiger partial charge in [-0.1, -0.05) is 23.7 Å². The van der Waals surface area contributed by atoms with Gasteiger partial charge in [-0.05, 0) is 24.7 Å². The molecule has 106 valence electrons. The van der Waals surface area contributed by atoms with Crippen LogP contribution in [0.5, 0.6) is 0 Å². The van der Waals surface area contributed by atoms with Gasteiger partial charge in [-0.25, -0.2) is 0 Å². The number of benzene rings is 1. The molecule has 2 N–H and O–H groups in total. The summed E-state index contributed by atoms with van der Waals surface area (Å²) in [5, 5.41) is 6.81. The third kappa shape index (κ3) is 4.99. The van der Waals surface area contributed by atoms with Gasteiger partial charge >= 0.3 is 0 Å². The highest BCUT2D eigenvalue weighted by molar-refractivity contribution is 6.30. The fourth-order valence-electron chi connectivity index (χ4n) is 1.80. The molecule has 1 aliphatic rings. The summed E-state index contributed by atoms with van der Waals surface area (Å²) in [6.45, 7) is 2.94. The van der Waals surface area contributed by atoms with E-state index in [4.69, 9.17) is 11.6 Å². The van der Waals surface area contributed by atoms with E-state index >= 15 is 0 Å². The number of rotatable bonds is 5. The third-order valence-electron chi connectivity index (χ3n) is 3.18. The van der Waals surface area contributed by atoms with Crippen LogP contribution in [0, 0.1) is 0 Å². The number of nitrogens with zero attached hydrogens (tertiary/aromatic N) is 1. The lowest BCUT2D eigenvalue weighted by Crippen LogP contribution is -2.57. The fourth-order valence-corrected chi connectivity index (χ4v) is 1.93. The maximum absolute atomic E-state index is 11.7. The molecule has 0 spiro atoms. The molecule has 0 unspecified atom stereocenters. The number of halogens is 2. The smallest absolute Gasteiger partial charge is 0.234 e. The molecule has 2 rings (SSSR count). The van der Waals surface area contributed by atoms with E-state index in [1.54, 1.807) is 0 Å². The lowest BCUT2D eigenvalue weighted by Gasteiger charge is -2.35. The van der Waals surface area contributed by atoms with Crippen LogP contribution in [0.1, 0.15) is 5.56 Å². The Morgan fingerprint density at radius 1 is 1.42 bits per heavy atom. The molecule has 0 atom stereocenters. The Bertz CT molecular complexity index is 407. The first-order valence-corrected chi connectivity index (χ1v) is 6.45. The maximum Gasteiger partial charge on any atom is 0.234 e. The Hall–Kier alpha value is -0.810. The summed E-state index contributed by atoms with van der Waals surface area (Å²) in [5.74, 6) is 0.0550. The Kier molecular flexibility index (Phi) is 6.58. The highest BCUT2D eigenvalue weighted by Gasteiger charge is 2.22. The molecule has 0 radical (unpaired) electrons. The van der Waals surface area contributed by atoms with E-state index in [0.29, 0.717) is 24.2 Å². The first kappa shape index (κ1) is 16.2. The molecule has 4 nitrogen and oxygen atoms in total. The Balaban J connectivity index is 0.00000180. The van der Waals surface area contributed by atoms with Gasteiger partial charge in [0, 0.05) is 30.7 Å². The van der Waals surface area contributed by atoms with Gasteiger partial charge in [0.05, 0.1) is 6.54 Å². The van der Waals surface area contributed by atoms with E-state index in [1.807, 2.05) is 31.3 Å². The number of hydrogen-bond acceptors (Lipinski definition) is 3. The van der Waals surface area contributed by atoms with Crippen LogP contribution in [0.3, 0.4) is 0 Å². The number of likely N-dealkylation sites (N-methyl/N-ethyl adjacent to an activating group) is 1. The minimum atomic E-state index is 0. The molecule has 1 aromatic rings. The average Bonchev–Trinajstić information content (AvgIpc) is 2.25. The zero-order valence-corrected chi connectivity index (χ0v) is 12.4. The molecular weight excluding hydrogens is 285 g/mol. The number of amides is 1. The first-order chi connectivity index (χ1) is 8.65. The largest absolute Gasteiger partial charge is 0.351 e. The minimum absolute atomic E-state index is 0. The summed E-state index contributed by atoms with van der Waals surface area (Å²) in [6.07, 6.45) is 0. The Labute approximate surface area is 124 Å². The summed E-state index contributed by atoms with van der Waals surface area (Å²) in [5.41, 5.74) is 1.06. The van der Waals surface area contributed by atoms with Gasteiger partial charge in [0.25, 0.3) is 0 Å². The zero-order valence-electron chi connectivity index (χ0n) is 10.9. The lowest BCUT2D eigenvalue weighted by atomic mass is 10.1. The van der Waals surface area contributed by atoms with Crippen LogP contribution < -0.4 is 10.6 Å². The van der Waals surface area contributed by atoms with Crippen LogP contribution in [-0.2, 0) is 11.3 Å². The predicted molar refractivity (Wildman–Crippen MR) is 79.8 cm³/mol. The van der Waals surface area contributed by atoms with Gasteiger partial charge in [0.2, 0.25) is 5.91 Å². The molecular formula is C13H19Cl2N3O. The van der Waals surface area contributed by atoms with E-state index in [0.717, 1.165) is 18.7 Å². The zero-order chi connectivity index (χ0) is 13.0. The molecule has 0 bridgehead atoms. The van der Waals surface area contributed by atoms with Crippen molar-refractivity contribution in [2.45, 2.75) is 12.6 Å². The molecule has 1 saturated heterocycles. The second-order valence-electron chi connectivity index (χ2n) is 4.63. The van der Waals surface area contributed by atoms with Crippen LogP contribution in [0.15, 0.2) is 24.3 Å². The van der Waals surface area contributed by atoms with Crippen molar-refractivity contribution in [3.8, 4) is 0 Å². The van der Waals surface area contributed by atoms with Crippen LogP contribution in [0.2, 0.25) is 5.02 Å².